The Bertz CT molecular complexity index is 837. The van der Waals surface area contributed by atoms with Crippen LogP contribution in [0.2, 0.25) is 0 Å². The normalized spacial score (nSPS) is 24.1. The number of amides is 4. The van der Waals surface area contributed by atoms with Gasteiger partial charge < -0.3 is 10.2 Å². The molecule has 2 heterocycles. The van der Waals surface area contributed by atoms with Gasteiger partial charge in [-0.2, -0.15) is 0 Å². The first-order valence-electron chi connectivity index (χ1n) is 9.75. The third-order valence-corrected chi connectivity index (χ3v) is 5.68. The average molecular weight is 381 g/mol. The van der Waals surface area contributed by atoms with E-state index < -0.39 is 0 Å². The number of nitrogens with zero attached hydrogens (tertiary/aromatic N) is 2. The Morgan fingerprint density at radius 1 is 1.07 bits per heavy atom. The fourth-order valence-corrected chi connectivity index (χ4v) is 4.20. The van der Waals surface area contributed by atoms with Gasteiger partial charge in [-0.05, 0) is 37.5 Å². The molecule has 2 aliphatic heterocycles. The van der Waals surface area contributed by atoms with E-state index in [1.807, 2.05) is 18.2 Å². The second-order valence-electron chi connectivity index (χ2n) is 7.48. The van der Waals surface area contributed by atoms with Gasteiger partial charge in [0.2, 0.25) is 23.6 Å². The lowest BCUT2D eigenvalue weighted by molar-refractivity contribution is -0.140. The molecule has 7 nitrogen and oxygen atoms in total. The molecule has 0 radical (unpaired) electrons. The van der Waals surface area contributed by atoms with Crippen LogP contribution in [-0.2, 0) is 19.2 Å². The Morgan fingerprint density at radius 3 is 2.43 bits per heavy atom. The largest absolute Gasteiger partial charge is 0.326 e. The van der Waals surface area contributed by atoms with E-state index in [1.165, 1.54) is 4.90 Å². The molecule has 146 valence electrons. The van der Waals surface area contributed by atoms with Crippen LogP contribution >= 0.6 is 0 Å². The average Bonchev–Trinajstić information content (AvgIpc) is 3.23. The van der Waals surface area contributed by atoms with Crippen molar-refractivity contribution in [3.05, 3.63) is 36.4 Å². The summed E-state index contributed by atoms with van der Waals surface area (Å²) in [5.74, 6) is -1.04. The van der Waals surface area contributed by atoms with Gasteiger partial charge in [0.25, 0.3) is 0 Å². The van der Waals surface area contributed by atoms with E-state index in [1.54, 1.807) is 23.1 Å². The molecule has 2 saturated heterocycles. The lowest BCUT2D eigenvalue weighted by Crippen LogP contribution is -2.34. The van der Waals surface area contributed by atoms with Gasteiger partial charge in [-0.15, -0.1) is 0 Å². The van der Waals surface area contributed by atoms with Crippen LogP contribution in [-0.4, -0.2) is 41.6 Å². The number of imide groups is 1. The molecular weight excluding hydrogens is 358 g/mol. The van der Waals surface area contributed by atoms with Crippen LogP contribution in [0, 0.1) is 11.8 Å². The molecule has 1 aromatic carbocycles. The Labute approximate surface area is 163 Å². The number of nitrogens with one attached hydrogen (secondary N) is 1. The fourth-order valence-electron chi connectivity index (χ4n) is 4.20. The number of fused-ring (bicyclic) bond motifs is 1. The molecule has 1 N–H and O–H groups in total. The van der Waals surface area contributed by atoms with Crippen molar-refractivity contribution in [3.63, 3.8) is 0 Å². The van der Waals surface area contributed by atoms with Gasteiger partial charge in [-0.1, -0.05) is 18.2 Å². The first kappa shape index (κ1) is 18.4. The number of hydrogen-bond donors (Lipinski definition) is 1. The standard InChI is InChI=1S/C21H23N3O4/c25-18(10-12-24-20(27)16-7-1-2-8-17(16)21(24)28)22-14-5-3-6-15(13-14)23-11-4-9-19(23)26/h1-3,5-6,13,16-17H,4,7-12H2,(H,22,25)/t16-,17-/m1/s1. The highest BCUT2D eigenvalue weighted by Gasteiger charge is 2.46. The molecule has 0 aromatic heterocycles. The number of allylic oxidation sites excluding steroid dienone is 2. The van der Waals surface area contributed by atoms with Crippen molar-refractivity contribution >= 4 is 35.0 Å². The highest BCUT2D eigenvalue weighted by atomic mass is 16.2. The lowest BCUT2D eigenvalue weighted by atomic mass is 9.85. The van der Waals surface area contributed by atoms with Crippen molar-refractivity contribution in [2.45, 2.75) is 32.1 Å². The minimum atomic E-state index is -0.268. The topological polar surface area (TPSA) is 86.8 Å². The highest BCUT2D eigenvalue weighted by Crippen LogP contribution is 2.35. The van der Waals surface area contributed by atoms with Gasteiger partial charge in [0, 0.05) is 37.3 Å². The van der Waals surface area contributed by atoms with Crippen molar-refractivity contribution in [1.29, 1.82) is 0 Å². The van der Waals surface area contributed by atoms with Crippen LogP contribution in [0.4, 0.5) is 11.4 Å². The van der Waals surface area contributed by atoms with Crippen molar-refractivity contribution in [1.82, 2.24) is 4.90 Å². The quantitative estimate of drug-likeness (QED) is 0.625. The van der Waals surface area contributed by atoms with Gasteiger partial charge in [-0.3, -0.25) is 24.1 Å². The molecule has 4 rings (SSSR count). The summed E-state index contributed by atoms with van der Waals surface area (Å²) in [5.41, 5.74) is 1.36. The summed E-state index contributed by atoms with van der Waals surface area (Å²) >= 11 is 0. The van der Waals surface area contributed by atoms with Crippen molar-refractivity contribution in [2.75, 3.05) is 23.3 Å². The van der Waals surface area contributed by atoms with E-state index >= 15 is 0 Å². The molecule has 2 fully saturated rings. The van der Waals surface area contributed by atoms with Crippen LogP contribution in [0.5, 0.6) is 0 Å². The summed E-state index contributed by atoms with van der Waals surface area (Å²) < 4.78 is 0. The van der Waals surface area contributed by atoms with E-state index in [0.717, 1.165) is 12.1 Å². The predicted octanol–water partition coefficient (Wildman–Crippen LogP) is 2.09. The van der Waals surface area contributed by atoms with E-state index in [9.17, 15) is 19.2 Å². The molecule has 1 aliphatic carbocycles. The molecule has 3 aliphatic rings. The lowest BCUT2D eigenvalue weighted by Gasteiger charge is -2.17. The molecule has 0 bridgehead atoms. The van der Waals surface area contributed by atoms with E-state index in [2.05, 4.69) is 5.32 Å². The van der Waals surface area contributed by atoms with Crippen LogP contribution in [0.25, 0.3) is 0 Å². The summed E-state index contributed by atoms with van der Waals surface area (Å²) in [6.45, 7) is 0.785. The van der Waals surface area contributed by atoms with E-state index in [4.69, 9.17) is 0 Å². The number of carbonyl (C=O) groups is 4. The molecule has 0 saturated carbocycles. The monoisotopic (exact) mass is 381 g/mol. The summed E-state index contributed by atoms with van der Waals surface area (Å²) in [5, 5.41) is 2.80. The van der Waals surface area contributed by atoms with Crippen molar-refractivity contribution in [2.24, 2.45) is 11.8 Å². The van der Waals surface area contributed by atoms with Gasteiger partial charge in [0.1, 0.15) is 0 Å². The van der Waals surface area contributed by atoms with Crippen LogP contribution in [0.1, 0.15) is 32.1 Å². The molecule has 28 heavy (non-hydrogen) atoms. The smallest absolute Gasteiger partial charge is 0.233 e. The minimum Gasteiger partial charge on any atom is -0.326 e. The minimum absolute atomic E-state index is 0.0528. The Hall–Kier alpha value is -2.96. The third-order valence-electron chi connectivity index (χ3n) is 5.68. The van der Waals surface area contributed by atoms with Gasteiger partial charge in [0.15, 0.2) is 0 Å². The number of likely N-dealkylation sites (tertiary alicyclic amines) is 1. The van der Waals surface area contributed by atoms with Crippen molar-refractivity contribution < 1.29 is 19.2 Å². The zero-order chi connectivity index (χ0) is 19.7. The zero-order valence-electron chi connectivity index (χ0n) is 15.6. The Kier molecular flexibility index (Phi) is 4.98. The highest BCUT2D eigenvalue weighted by molar-refractivity contribution is 6.06. The van der Waals surface area contributed by atoms with E-state index in [0.29, 0.717) is 31.5 Å². The first-order chi connectivity index (χ1) is 13.5. The second-order valence-corrected chi connectivity index (χ2v) is 7.48. The number of hydrogen-bond acceptors (Lipinski definition) is 4. The van der Waals surface area contributed by atoms with Gasteiger partial charge in [0.05, 0.1) is 11.8 Å². The second kappa shape index (κ2) is 7.58. The summed E-state index contributed by atoms with van der Waals surface area (Å²) in [7, 11) is 0. The fraction of sp³-hybridized carbons (Fsp3) is 0.429. The van der Waals surface area contributed by atoms with Crippen LogP contribution < -0.4 is 10.2 Å². The number of benzene rings is 1. The Balaban J connectivity index is 1.34. The maximum atomic E-state index is 12.4. The molecule has 0 unspecified atom stereocenters. The molecule has 4 amide bonds. The summed E-state index contributed by atoms with van der Waals surface area (Å²) in [4.78, 5) is 52.1. The number of carbonyl (C=O) groups excluding carboxylic acids is 4. The first-order valence-corrected chi connectivity index (χ1v) is 9.75. The van der Waals surface area contributed by atoms with Gasteiger partial charge >= 0.3 is 0 Å². The zero-order valence-corrected chi connectivity index (χ0v) is 15.6. The number of anilines is 2. The molecule has 2 atom stereocenters. The third kappa shape index (κ3) is 3.44. The SMILES string of the molecule is O=C(CCN1C(=O)[C@@H]2CC=CC[C@H]2C1=O)Nc1cccc(N2CCCC2=O)c1. The van der Waals surface area contributed by atoms with Crippen LogP contribution in [0.3, 0.4) is 0 Å². The van der Waals surface area contributed by atoms with Gasteiger partial charge in [-0.25, -0.2) is 0 Å². The molecule has 0 spiro atoms. The van der Waals surface area contributed by atoms with Crippen LogP contribution in [0.15, 0.2) is 36.4 Å². The van der Waals surface area contributed by atoms with E-state index in [-0.39, 0.29) is 48.4 Å². The Morgan fingerprint density at radius 2 is 1.79 bits per heavy atom. The molecule has 1 aromatic rings. The number of rotatable bonds is 5. The van der Waals surface area contributed by atoms with Crippen molar-refractivity contribution in [3.8, 4) is 0 Å². The summed E-state index contributed by atoms with van der Waals surface area (Å²) in [6, 6.07) is 7.17. The molecular formula is C21H23N3O4. The maximum absolute atomic E-state index is 12.4. The maximum Gasteiger partial charge on any atom is 0.233 e. The summed E-state index contributed by atoms with van der Waals surface area (Å²) in [6.07, 6.45) is 6.52. The molecule has 7 heteroatoms. The predicted molar refractivity (Wildman–Crippen MR) is 103 cm³/mol.